The predicted molar refractivity (Wildman–Crippen MR) is 141 cm³/mol. The summed E-state index contributed by atoms with van der Waals surface area (Å²) < 4.78 is 37.6. The SMILES string of the molecule is CCOC(=O)[C@@H](NP(=O)(OC[C@H]1O[C@@](C#N)(c2ccc3c(N)ncnn23)[C@H](O)[C@@H]1O)Oc1ccccc1)C(C)C. The third kappa shape index (κ3) is 5.66. The zero-order chi connectivity index (χ0) is 29.1. The second-order valence-electron chi connectivity index (χ2n) is 9.40. The Kier molecular flexibility index (Phi) is 8.74. The first-order valence-electron chi connectivity index (χ1n) is 12.5. The average molecular weight is 575 g/mol. The number of aliphatic hydroxyl groups excluding tert-OH is 2. The lowest BCUT2D eigenvalue weighted by molar-refractivity contribution is -0.146. The van der Waals surface area contributed by atoms with Crippen LogP contribution in [0.5, 0.6) is 5.75 Å². The molecule has 0 amide bonds. The van der Waals surface area contributed by atoms with E-state index < -0.39 is 50.3 Å². The fraction of sp³-hybridized carbons (Fsp3) is 0.440. The molecule has 5 N–H and O–H groups in total. The molecule has 14 nitrogen and oxygen atoms in total. The molecule has 4 rings (SSSR count). The zero-order valence-corrected chi connectivity index (χ0v) is 23.0. The van der Waals surface area contributed by atoms with Crippen LogP contribution in [0.1, 0.15) is 26.5 Å². The summed E-state index contributed by atoms with van der Waals surface area (Å²) in [4.78, 5) is 16.5. The van der Waals surface area contributed by atoms with Gasteiger partial charge in [-0.25, -0.2) is 14.1 Å². The minimum absolute atomic E-state index is 0.0946. The van der Waals surface area contributed by atoms with Gasteiger partial charge in [0.2, 0.25) is 5.60 Å². The van der Waals surface area contributed by atoms with E-state index in [9.17, 15) is 24.8 Å². The van der Waals surface area contributed by atoms with Crippen molar-refractivity contribution in [1.82, 2.24) is 19.7 Å². The zero-order valence-electron chi connectivity index (χ0n) is 22.1. The van der Waals surface area contributed by atoms with E-state index in [4.69, 9.17) is 24.3 Å². The highest BCUT2D eigenvalue weighted by Gasteiger charge is 2.58. The molecule has 40 heavy (non-hydrogen) atoms. The standard InChI is InChI=1S/C25H31N6O8P/c1-4-36-24(34)20(15(2)3)30-40(35,39-16-8-6-5-7-9-16)37-12-18-21(32)22(33)25(13-26,38-18)19-11-10-17-23(27)28-14-29-31(17)19/h5-11,14-15,18,20-22,32-33H,4,12H2,1-3H3,(H,30,35)(H2,27,28,29)/t18-,20+,21-,22-,25+,40?/m1/s1. The number of hydrogen-bond acceptors (Lipinski definition) is 12. The number of carbonyl (C=O) groups excluding carboxylic acids is 1. The first-order chi connectivity index (χ1) is 19.0. The molecule has 0 radical (unpaired) electrons. The Morgan fingerprint density at radius 1 is 1.30 bits per heavy atom. The Morgan fingerprint density at radius 3 is 2.67 bits per heavy atom. The van der Waals surface area contributed by atoms with E-state index in [1.165, 1.54) is 16.9 Å². The molecule has 3 heterocycles. The van der Waals surface area contributed by atoms with Crippen LogP contribution in [-0.2, 0) is 29.0 Å². The molecule has 1 aliphatic heterocycles. The molecular weight excluding hydrogens is 543 g/mol. The smallest absolute Gasteiger partial charge is 0.459 e. The van der Waals surface area contributed by atoms with Crippen molar-refractivity contribution in [2.45, 2.75) is 50.7 Å². The number of nitrogen functional groups attached to an aromatic ring is 1. The number of benzene rings is 1. The van der Waals surface area contributed by atoms with Gasteiger partial charge in [-0.05, 0) is 37.1 Å². The van der Waals surface area contributed by atoms with Gasteiger partial charge in [0, 0.05) is 0 Å². The number of aliphatic hydroxyl groups is 2. The van der Waals surface area contributed by atoms with Crippen LogP contribution in [0.25, 0.3) is 5.52 Å². The number of nitrogens with one attached hydrogen (secondary N) is 1. The first-order valence-corrected chi connectivity index (χ1v) is 14.1. The Bertz CT molecular complexity index is 1430. The van der Waals surface area contributed by atoms with Crippen molar-refractivity contribution in [3.05, 3.63) is 54.5 Å². The monoisotopic (exact) mass is 574 g/mol. The number of rotatable bonds is 11. The van der Waals surface area contributed by atoms with Gasteiger partial charge in [0.05, 0.1) is 18.9 Å². The summed E-state index contributed by atoms with van der Waals surface area (Å²) >= 11 is 0. The highest BCUT2D eigenvalue weighted by Crippen LogP contribution is 2.47. The highest BCUT2D eigenvalue weighted by molar-refractivity contribution is 7.52. The molecule has 0 aliphatic carbocycles. The van der Waals surface area contributed by atoms with Crippen molar-refractivity contribution < 1.29 is 38.1 Å². The summed E-state index contributed by atoms with van der Waals surface area (Å²) in [7, 11) is -4.33. The van der Waals surface area contributed by atoms with Crippen LogP contribution >= 0.6 is 7.75 Å². The van der Waals surface area contributed by atoms with Crippen molar-refractivity contribution >= 4 is 25.1 Å². The number of anilines is 1. The Labute approximate surface area is 230 Å². The number of nitriles is 1. The van der Waals surface area contributed by atoms with Crippen LogP contribution in [0.15, 0.2) is 48.8 Å². The van der Waals surface area contributed by atoms with Crippen LogP contribution in [0.3, 0.4) is 0 Å². The Morgan fingerprint density at radius 2 is 2.02 bits per heavy atom. The molecular formula is C25H31N6O8P. The molecule has 1 saturated heterocycles. The molecule has 3 aromatic rings. The summed E-state index contributed by atoms with van der Waals surface area (Å²) in [6.45, 7) is 4.61. The number of carbonyl (C=O) groups is 1. The maximum Gasteiger partial charge on any atom is 0.459 e. The summed E-state index contributed by atoms with van der Waals surface area (Å²) in [6, 6.07) is 12.0. The summed E-state index contributed by atoms with van der Waals surface area (Å²) in [5.74, 6) is -0.709. The van der Waals surface area contributed by atoms with Crippen molar-refractivity contribution in [2.24, 2.45) is 5.92 Å². The average Bonchev–Trinajstić information content (AvgIpc) is 3.47. The van der Waals surface area contributed by atoms with Crippen LogP contribution in [0, 0.1) is 17.2 Å². The third-order valence-corrected chi connectivity index (χ3v) is 7.90. The number of para-hydroxylation sites is 1. The second kappa shape index (κ2) is 11.9. The third-order valence-electron chi connectivity index (χ3n) is 6.37. The number of esters is 1. The van der Waals surface area contributed by atoms with E-state index in [0.29, 0.717) is 5.52 Å². The molecule has 1 unspecified atom stereocenters. The molecule has 1 aliphatic rings. The van der Waals surface area contributed by atoms with Crippen LogP contribution in [0.2, 0.25) is 0 Å². The van der Waals surface area contributed by atoms with Gasteiger partial charge < -0.3 is 29.9 Å². The number of aromatic nitrogens is 3. The normalized spacial score (nSPS) is 24.9. The Balaban J connectivity index is 1.61. The van der Waals surface area contributed by atoms with Gasteiger partial charge in [-0.1, -0.05) is 32.0 Å². The van der Waals surface area contributed by atoms with Gasteiger partial charge >= 0.3 is 13.7 Å². The molecule has 6 atom stereocenters. The molecule has 0 saturated carbocycles. The maximum atomic E-state index is 14.0. The van der Waals surface area contributed by atoms with E-state index in [-0.39, 0.29) is 29.8 Å². The topological polar surface area (TPSA) is 204 Å². The van der Waals surface area contributed by atoms with Crippen molar-refractivity contribution in [2.75, 3.05) is 18.9 Å². The quantitative estimate of drug-likeness (QED) is 0.190. The number of nitrogens with two attached hydrogens (primary N) is 1. The number of fused-ring (bicyclic) bond motifs is 1. The maximum absolute atomic E-state index is 14.0. The van der Waals surface area contributed by atoms with Gasteiger partial charge in [0.25, 0.3) is 0 Å². The lowest BCUT2D eigenvalue weighted by Crippen LogP contribution is -2.42. The molecule has 2 aromatic heterocycles. The molecule has 214 valence electrons. The van der Waals surface area contributed by atoms with Gasteiger partial charge in [-0.3, -0.25) is 9.32 Å². The van der Waals surface area contributed by atoms with Crippen molar-refractivity contribution in [3.8, 4) is 11.8 Å². The predicted octanol–water partition coefficient (Wildman–Crippen LogP) is 1.53. The number of nitrogens with zero attached hydrogens (tertiary/aromatic N) is 4. The molecule has 1 fully saturated rings. The molecule has 0 bridgehead atoms. The van der Waals surface area contributed by atoms with E-state index in [1.807, 2.05) is 6.07 Å². The molecule has 0 spiro atoms. The van der Waals surface area contributed by atoms with E-state index in [2.05, 4.69) is 15.2 Å². The highest BCUT2D eigenvalue weighted by atomic mass is 31.2. The van der Waals surface area contributed by atoms with Crippen LogP contribution < -0.4 is 15.3 Å². The van der Waals surface area contributed by atoms with E-state index in [0.717, 1.165) is 0 Å². The summed E-state index contributed by atoms with van der Waals surface area (Å²) in [5.41, 5.74) is 4.27. The molecule has 15 heteroatoms. The van der Waals surface area contributed by atoms with E-state index in [1.54, 1.807) is 57.2 Å². The lowest BCUT2D eigenvalue weighted by atomic mass is 9.92. The summed E-state index contributed by atoms with van der Waals surface area (Å²) in [5, 5.41) is 38.7. The van der Waals surface area contributed by atoms with E-state index >= 15 is 0 Å². The lowest BCUT2D eigenvalue weighted by Gasteiger charge is -2.27. The first kappa shape index (κ1) is 29.4. The second-order valence-corrected chi connectivity index (χ2v) is 11.1. The van der Waals surface area contributed by atoms with Gasteiger partial charge in [-0.15, -0.1) is 0 Å². The van der Waals surface area contributed by atoms with Gasteiger partial charge in [0.1, 0.15) is 48.0 Å². The fourth-order valence-electron chi connectivity index (χ4n) is 4.31. The number of hydrogen-bond donors (Lipinski definition) is 4. The summed E-state index contributed by atoms with van der Waals surface area (Å²) in [6.07, 6.45) is -3.55. The van der Waals surface area contributed by atoms with Gasteiger partial charge in [-0.2, -0.15) is 15.4 Å². The van der Waals surface area contributed by atoms with Crippen LogP contribution in [-0.4, -0.2) is 68.3 Å². The molecule has 1 aromatic carbocycles. The van der Waals surface area contributed by atoms with Crippen molar-refractivity contribution in [3.63, 3.8) is 0 Å². The minimum atomic E-state index is -4.33. The minimum Gasteiger partial charge on any atom is -0.465 e. The largest absolute Gasteiger partial charge is 0.465 e. The fourth-order valence-corrected chi connectivity index (χ4v) is 5.97. The van der Waals surface area contributed by atoms with Crippen molar-refractivity contribution in [1.29, 1.82) is 5.26 Å². The Hall–Kier alpha value is -3.57. The number of ether oxygens (including phenoxy) is 2. The van der Waals surface area contributed by atoms with Gasteiger partial charge in [0.15, 0.2) is 5.82 Å². The van der Waals surface area contributed by atoms with Crippen LogP contribution in [0.4, 0.5) is 5.82 Å².